The number of hydrogen-bond acceptors (Lipinski definition) is 8. The zero-order valence-corrected chi connectivity index (χ0v) is 33.5. The molecule has 5 N–H and O–H groups in total. The molecular formula is C45H53N5O8. The molecule has 4 aromatic rings. The normalized spacial score (nSPS) is 13.6. The third kappa shape index (κ3) is 14.9. The van der Waals surface area contributed by atoms with Crippen LogP contribution in [0, 0.1) is 0 Å². The van der Waals surface area contributed by atoms with E-state index in [1.54, 1.807) is 69.3 Å². The third-order valence-electron chi connectivity index (χ3n) is 8.96. The van der Waals surface area contributed by atoms with E-state index in [9.17, 15) is 28.8 Å². The number of ether oxygens (including phenoxy) is 2. The lowest BCUT2D eigenvalue weighted by molar-refractivity contribution is -0.145. The van der Waals surface area contributed by atoms with Gasteiger partial charge in [-0.3, -0.25) is 19.2 Å². The SMILES string of the molecule is COC(=O)[C@H](Cc1ccccc1)NC(=O)[C@H](Cc1ccccc1)NC(=O)[C@H](Cc1ccccc1)NC(=O)[C@H](Cc1ccccc1)NC(=O)[C@H](C)NC(=O)OC(C)(C)C. The monoisotopic (exact) mass is 791 g/mol. The summed E-state index contributed by atoms with van der Waals surface area (Å²) in [5.41, 5.74) is 2.19. The molecule has 0 heterocycles. The summed E-state index contributed by atoms with van der Waals surface area (Å²) >= 11 is 0. The minimum atomic E-state index is -1.21. The zero-order valence-electron chi connectivity index (χ0n) is 33.5. The smallest absolute Gasteiger partial charge is 0.408 e. The van der Waals surface area contributed by atoms with Gasteiger partial charge in [0.05, 0.1) is 7.11 Å². The molecule has 13 heteroatoms. The highest BCUT2D eigenvalue weighted by Gasteiger charge is 2.33. The van der Waals surface area contributed by atoms with Gasteiger partial charge in [0.1, 0.15) is 35.8 Å². The minimum absolute atomic E-state index is 0.0412. The first kappa shape index (κ1) is 44.2. The van der Waals surface area contributed by atoms with Crippen LogP contribution in [0.1, 0.15) is 49.9 Å². The molecule has 0 saturated heterocycles. The van der Waals surface area contributed by atoms with Crippen molar-refractivity contribution < 1.29 is 38.2 Å². The summed E-state index contributed by atoms with van der Waals surface area (Å²) in [4.78, 5) is 81.3. The van der Waals surface area contributed by atoms with Gasteiger partial charge in [-0.2, -0.15) is 0 Å². The van der Waals surface area contributed by atoms with Crippen LogP contribution < -0.4 is 26.6 Å². The predicted molar refractivity (Wildman–Crippen MR) is 219 cm³/mol. The molecule has 0 aliphatic carbocycles. The van der Waals surface area contributed by atoms with Crippen LogP contribution in [-0.4, -0.2) is 78.6 Å². The largest absolute Gasteiger partial charge is 0.467 e. The van der Waals surface area contributed by atoms with E-state index in [2.05, 4.69) is 26.6 Å². The summed E-state index contributed by atoms with van der Waals surface area (Å²) in [6.07, 6.45) is -0.477. The van der Waals surface area contributed by atoms with Gasteiger partial charge in [-0.15, -0.1) is 0 Å². The number of hydrogen-bond donors (Lipinski definition) is 5. The molecular weight excluding hydrogens is 739 g/mol. The number of esters is 1. The summed E-state index contributed by atoms with van der Waals surface area (Å²) in [6.45, 7) is 6.55. The van der Waals surface area contributed by atoms with E-state index in [0.717, 1.165) is 22.3 Å². The van der Waals surface area contributed by atoms with E-state index in [1.165, 1.54) is 14.0 Å². The fourth-order valence-corrected chi connectivity index (χ4v) is 6.03. The molecule has 4 rings (SSSR count). The lowest BCUT2D eigenvalue weighted by atomic mass is 10.0. The molecule has 0 saturated carbocycles. The minimum Gasteiger partial charge on any atom is -0.467 e. The quantitative estimate of drug-likeness (QED) is 0.0939. The number of carbonyl (C=O) groups is 6. The molecule has 5 amide bonds. The highest BCUT2D eigenvalue weighted by molar-refractivity contribution is 5.96. The molecule has 0 aliphatic heterocycles. The van der Waals surface area contributed by atoms with Crippen LogP contribution in [0.15, 0.2) is 121 Å². The van der Waals surface area contributed by atoms with E-state index in [1.807, 2.05) is 72.8 Å². The van der Waals surface area contributed by atoms with E-state index < -0.39 is 71.5 Å². The van der Waals surface area contributed by atoms with E-state index in [0.29, 0.717) is 0 Å². The van der Waals surface area contributed by atoms with Crippen molar-refractivity contribution in [2.45, 2.75) is 89.2 Å². The van der Waals surface area contributed by atoms with Crippen LogP contribution in [0.4, 0.5) is 4.79 Å². The first-order valence-electron chi connectivity index (χ1n) is 19.1. The lowest BCUT2D eigenvalue weighted by Crippen LogP contribution is -2.60. The Hall–Kier alpha value is -6.50. The van der Waals surface area contributed by atoms with Gasteiger partial charge in [0.25, 0.3) is 0 Å². The number of methoxy groups -OCH3 is 1. The van der Waals surface area contributed by atoms with Gasteiger partial charge in [0.15, 0.2) is 0 Å². The van der Waals surface area contributed by atoms with Crippen molar-refractivity contribution in [3.8, 4) is 0 Å². The van der Waals surface area contributed by atoms with Crippen LogP contribution in [0.2, 0.25) is 0 Å². The molecule has 306 valence electrons. The zero-order chi connectivity index (χ0) is 42.1. The van der Waals surface area contributed by atoms with E-state index in [-0.39, 0.29) is 25.7 Å². The Morgan fingerprint density at radius 1 is 0.466 bits per heavy atom. The van der Waals surface area contributed by atoms with Crippen molar-refractivity contribution in [2.24, 2.45) is 0 Å². The second-order valence-corrected chi connectivity index (χ2v) is 14.9. The average Bonchev–Trinajstić information content (AvgIpc) is 3.20. The number of benzene rings is 4. The maximum absolute atomic E-state index is 14.4. The first-order valence-corrected chi connectivity index (χ1v) is 19.1. The fraction of sp³-hybridized carbons (Fsp3) is 0.333. The van der Waals surface area contributed by atoms with Gasteiger partial charge in [0, 0.05) is 25.7 Å². The Morgan fingerprint density at radius 2 is 0.759 bits per heavy atom. The molecule has 0 fully saturated rings. The van der Waals surface area contributed by atoms with Gasteiger partial charge < -0.3 is 36.1 Å². The van der Waals surface area contributed by atoms with E-state index >= 15 is 0 Å². The van der Waals surface area contributed by atoms with Gasteiger partial charge in [-0.25, -0.2) is 9.59 Å². The number of carbonyl (C=O) groups excluding carboxylic acids is 6. The van der Waals surface area contributed by atoms with Crippen molar-refractivity contribution in [1.29, 1.82) is 0 Å². The molecule has 5 atom stereocenters. The lowest BCUT2D eigenvalue weighted by Gasteiger charge is -2.27. The number of nitrogens with one attached hydrogen (secondary N) is 5. The van der Waals surface area contributed by atoms with Gasteiger partial charge in [-0.1, -0.05) is 121 Å². The van der Waals surface area contributed by atoms with Crippen LogP contribution >= 0.6 is 0 Å². The maximum Gasteiger partial charge on any atom is 0.408 e. The van der Waals surface area contributed by atoms with Crippen molar-refractivity contribution in [3.63, 3.8) is 0 Å². The molecule has 0 aromatic heterocycles. The molecule has 0 bridgehead atoms. The first-order chi connectivity index (χ1) is 27.7. The summed E-state index contributed by atoms with van der Waals surface area (Å²) < 4.78 is 10.3. The Kier molecular flexibility index (Phi) is 16.5. The molecule has 0 spiro atoms. The number of amides is 5. The van der Waals surface area contributed by atoms with E-state index in [4.69, 9.17) is 9.47 Å². The second kappa shape index (κ2) is 21.7. The van der Waals surface area contributed by atoms with Gasteiger partial charge >= 0.3 is 12.1 Å². The molecule has 4 aromatic carbocycles. The van der Waals surface area contributed by atoms with Gasteiger partial charge in [-0.05, 0) is 49.9 Å². The van der Waals surface area contributed by atoms with Crippen molar-refractivity contribution in [3.05, 3.63) is 144 Å². The Morgan fingerprint density at radius 3 is 1.07 bits per heavy atom. The van der Waals surface area contributed by atoms with Crippen LogP contribution in [0.25, 0.3) is 0 Å². The van der Waals surface area contributed by atoms with Crippen molar-refractivity contribution in [2.75, 3.05) is 7.11 Å². The predicted octanol–water partition coefficient (Wildman–Crippen LogP) is 3.98. The van der Waals surface area contributed by atoms with Crippen LogP contribution in [0.5, 0.6) is 0 Å². The third-order valence-corrected chi connectivity index (χ3v) is 8.96. The highest BCUT2D eigenvalue weighted by atomic mass is 16.6. The second-order valence-electron chi connectivity index (χ2n) is 14.9. The molecule has 58 heavy (non-hydrogen) atoms. The standard InChI is InChI=1S/C45H53N5O8/c1-30(46-44(56)58-45(2,3)4)39(51)47-35(26-31-18-10-6-11-19-31)40(52)48-36(27-32-20-12-7-13-21-32)41(53)49-37(28-33-22-14-8-15-23-33)42(54)50-38(43(55)57-5)29-34-24-16-9-17-25-34/h6-25,30,35-38H,26-29H2,1-5H3,(H,46,56)(H,47,51)(H,48,52)(H,49,53)(H,50,54)/t30-,35-,36-,37-,38-/m0/s1. The summed E-state index contributed by atoms with van der Waals surface area (Å²) in [7, 11) is 1.23. The highest BCUT2D eigenvalue weighted by Crippen LogP contribution is 2.12. The van der Waals surface area contributed by atoms with Crippen molar-refractivity contribution in [1.82, 2.24) is 26.6 Å². The Labute approximate surface area is 339 Å². The number of rotatable bonds is 18. The molecule has 0 unspecified atom stereocenters. The topological polar surface area (TPSA) is 181 Å². The molecule has 13 nitrogen and oxygen atoms in total. The fourth-order valence-electron chi connectivity index (χ4n) is 6.03. The van der Waals surface area contributed by atoms with Gasteiger partial charge in [0.2, 0.25) is 23.6 Å². The number of alkyl carbamates (subject to hydrolysis) is 1. The average molecular weight is 792 g/mol. The summed E-state index contributed by atoms with van der Waals surface area (Å²) in [6, 6.07) is 30.6. The molecule has 0 radical (unpaired) electrons. The Balaban J connectivity index is 1.60. The van der Waals surface area contributed by atoms with Crippen LogP contribution in [0.3, 0.4) is 0 Å². The summed E-state index contributed by atoms with van der Waals surface area (Å²) in [5, 5.41) is 13.7. The Bertz CT molecular complexity index is 1960. The van der Waals surface area contributed by atoms with Crippen molar-refractivity contribution >= 4 is 35.7 Å². The summed E-state index contributed by atoms with van der Waals surface area (Å²) in [5.74, 6) is -3.28. The molecule has 0 aliphatic rings. The maximum atomic E-state index is 14.4. The van der Waals surface area contributed by atoms with Crippen LogP contribution in [-0.2, 0) is 59.1 Å².